The highest BCUT2D eigenvalue weighted by Gasteiger charge is 2.34. The van der Waals surface area contributed by atoms with Crippen molar-refractivity contribution in [3.63, 3.8) is 0 Å². The van der Waals surface area contributed by atoms with Gasteiger partial charge in [0.05, 0.1) is 0 Å². The van der Waals surface area contributed by atoms with E-state index in [2.05, 4.69) is 0 Å². The van der Waals surface area contributed by atoms with E-state index in [1.165, 1.54) is 4.90 Å². The van der Waals surface area contributed by atoms with Crippen molar-refractivity contribution in [1.29, 1.82) is 0 Å². The highest BCUT2D eigenvalue weighted by molar-refractivity contribution is 6.00. The molecular formula is C14H17NO3. The molecule has 1 aromatic carbocycles. The third-order valence-electron chi connectivity index (χ3n) is 3.22. The third-order valence-corrected chi connectivity index (χ3v) is 3.22. The van der Waals surface area contributed by atoms with Crippen LogP contribution < -0.4 is 4.90 Å². The summed E-state index contributed by atoms with van der Waals surface area (Å²) in [4.78, 5) is 24.7. The molecular weight excluding hydrogens is 230 g/mol. The van der Waals surface area contributed by atoms with E-state index in [1.807, 2.05) is 32.0 Å². The van der Waals surface area contributed by atoms with Crippen molar-refractivity contribution in [2.45, 2.75) is 39.2 Å². The van der Waals surface area contributed by atoms with Crippen LogP contribution in [0.3, 0.4) is 0 Å². The Balaban J connectivity index is 2.43. The van der Waals surface area contributed by atoms with Crippen molar-refractivity contribution in [2.75, 3.05) is 4.90 Å². The number of aryl methyl sites for hydroxylation is 2. The summed E-state index contributed by atoms with van der Waals surface area (Å²) in [6.45, 7) is 3.89. The van der Waals surface area contributed by atoms with E-state index in [4.69, 9.17) is 0 Å². The number of benzene rings is 1. The highest BCUT2D eigenvalue weighted by Crippen LogP contribution is 2.27. The Kier molecular flexibility index (Phi) is 3.36. The van der Waals surface area contributed by atoms with Crippen molar-refractivity contribution in [2.24, 2.45) is 0 Å². The molecule has 0 bridgehead atoms. The molecule has 1 aromatic rings. The maximum Gasteiger partial charge on any atom is 0.326 e. The fourth-order valence-corrected chi connectivity index (χ4v) is 2.52. The van der Waals surface area contributed by atoms with Gasteiger partial charge in [-0.25, -0.2) is 4.79 Å². The predicted octanol–water partition coefficient (Wildman–Crippen LogP) is 2.27. The second-order valence-corrected chi connectivity index (χ2v) is 4.86. The molecule has 18 heavy (non-hydrogen) atoms. The van der Waals surface area contributed by atoms with Crippen LogP contribution in [-0.2, 0) is 9.59 Å². The minimum Gasteiger partial charge on any atom is -0.480 e. The monoisotopic (exact) mass is 247 g/mol. The SMILES string of the molecule is Cc1cc(C)cc(N2C(=O)CCCC2C(=O)O)c1. The van der Waals surface area contributed by atoms with Gasteiger partial charge in [-0.1, -0.05) is 6.07 Å². The molecule has 96 valence electrons. The molecule has 1 heterocycles. The number of anilines is 1. The molecule has 0 saturated carbocycles. The zero-order chi connectivity index (χ0) is 13.3. The average Bonchev–Trinajstić information content (AvgIpc) is 2.26. The van der Waals surface area contributed by atoms with Gasteiger partial charge in [0, 0.05) is 12.1 Å². The van der Waals surface area contributed by atoms with Crippen molar-refractivity contribution in [1.82, 2.24) is 0 Å². The van der Waals surface area contributed by atoms with Gasteiger partial charge in [-0.05, 0) is 49.9 Å². The second kappa shape index (κ2) is 4.80. The van der Waals surface area contributed by atoms with Crippen LogP contribution >= 0.6 is 0 Å². The van der Waals surface area contributed by atoms with Gasteiger partial charge >= 0.3 is 5.97 Å². The number of carbonyl (C=O) groups is 2. The largest absolute Gasteiger partial charge is 0.480 e. The number of carbonyl (C=O) groups excluding carboxylic acids is 1. The average molecular weight is 247 g/mol. The third kappa shape index (κ3) is 2.37. The van der Waals surface area contributed by atoms with Gasteiger partial charge in [0.25, 0.3) is 0 Å². The molecule has 1 unspecified atom stereocenters. The van der Waals surface area contributed by atoms with E-state index in [-0.39, 0.29) is 5.91 Å². The smallest absolute Gasteiger partial charge is 0.326 e. The lowest BCUT2D eigenvalue weighted by molar-refractivity contribution is -0.141. The van der Waals surface area contributed by atoms with Crippen LogP contribution in [0.4, 0.5) is 5.69 Å². The highest BCUT2D eigenvalue weighted by atomic mass is 16.4. The Hall–Kier alpha value is -1.84. The first-order chi connectivity index (χ1) is 8.49. The second-order valence-electron chi connectivity index (χ2n) is 4.86. The lowest BCUT2D eigenvalue weighted by Crippen LogP contribution is -2.48. The van der Waals surface area contributed by atoms with Crippen LogP contribution in [0, 0.1) is 13.8 Å². The molecule has 0 aliphatic carbocycles. The summed E-state index contributed by atoms with van der Waals surface area (Å²) in [7, 11) is 0. The minimum absolute atomic E-state index is 0.0985. The Morgan fingerprint density at radius 2 is 1.89 bits per heavy atom. The standard InChI is InChI=1S/C14H17NO3/c1-9-6-10(2)8-11(7-9)15-12(14(17)18)4-3-5-13(15)16/h6-8,12H,3-5H2,1-2H3,(H,17,18). The van der Waals surface area contributed by atoms with Gasteiger partial charge in [0.2, 0.25) is 5.91 Å². The van der Waals surface area contributed by atoms with E-state index in [9.17, 15) is 14.7 Å². The van der Waals surface area contributed by atoms with Gasteiger partial charge < -0.3 is 5.11 Å². The summed E-state index contributed by atoms with van der Waals surface area (Å²) in [6.07, 6.45) is 1.60. The van der Waals surface area contributed by atoms with Gasteiger partial charge in [-0.2, -0.15) is 0 Å². The van der Waals surface area contributed by atoms with E-state index in [0.29, 0.717) is 24.9 Å². The van der Waals surface area contributed by atoms with E-state index < -0.39 is 12.0 Å². The van der Waals surface area contributed by atoms with Gasteiger partial charge in [0.15, 0.2) is 0 Å². The van der Waals surface area contributed by atoms with Gasteiger partial charge in [-0.15, -0.1) is 0 Å². The van der Waals surface area contributed by atoms with Crippen molar-refractivity contribution < 1.29 is 14.7 Å². The number of nitrogens with zero attached hydrogens (tertiary/aromatic N) is 1. The van der Waals surface area contributed by atoms with Crippen LogP contribution in [0.1, 0.15) is 30.4 Å². The van der Waals surface area contributed by atoms with Gasteiger partial charge in [0.1, 0.15) is 6.04 Å². The first-order valence-electron chi connectivity index (χ1n) is 6.12. The number of carboxylic acid groups (broad SMARTS) is 1. The molecule has 0 aromatic heterocycles. The summed E-state index contributed by atoms with van der Waals surface area (Å²) in [6, 6.07) is 5.01. The van der Waals surface area contributed by atoms with Crippen LogP contribution in [0.25, 0.3) is 0 Å². The van der Waals surface area contributed by atoms with Crippen molar-refractivity contribution in [3.8, 4) is 0 Å². The lowest BCUT2D eigenvalue weighted by Gasteiger charge is -2.33. The summed E-state index contributed by atoms with van der Waals surface area (Å²) in [5, 5.41) is 9.23. The normalized spacial score (nSPS) is 20.0. The number of amides is 1. The number of carboxylic acids is 1. The predicted molar refractivity (Wildman–Crippen MR) is 68.7 cm³/mol. The molecule has 2 rings (SSSR count). The van der Waals surface area contributed by atoms with Gasteiger partial charge in [-0.3, -0.25) is 9.69 Å². The van der Waals surface area contributed by atoms with Crippen LogP contribution in [-0.4, -0.2) is 23.0 Å². The van der Waals surface area contributed by atoms with Crippen molar-refractivity contribution in [3.05, 3.63) is 29.3 Å². The number of piperidine rings is 1. The summed E-state index contributed by atoms with van der Waals surface area (Å²) in [5.74, 6) is -1.03. The number of hydrogen-bond acceptors (Lipinski definition) is 2. The van der Waals surface area contributed by atoms with Crippen molar-refractivity contribution >= 4 is 17.6 Å². The first-order valence-corrected chi connectivity index (χ1v) is 6.12. The van der Waals surface area contributed by atoms with E-state index in [0.717, 1.165) is 11.1 Å². The molecule has 1 aliphatic heterocycles. The van der Waals surface area contributed by atoms with Crippen LogP contribution in [0.5, 0.6) is 0 Å². The molecule has 0 spiro atoms. The molecule has 1 atom stereocenters. The Labute approximate surface area is 106 Å². The zero-order valence-electron chi connectivity index (χ0n) is 10.6. The fourth-order valence-electron chi connectivity index (χ4n) is 2.52. The Bertz CT molecular complexity index is 476. The molecule has 4 heteroatoms. The van der Waals surface area contributed by atoms with E-state index >= 15 is 0 Å². The van der Waals surface area contributed by atoms with Crippen LogP contribution in [0.15, 0.2) is 18.2 Å². The first kappa shape index (κ1) is 12.6. The van der Waals surface area contributed by atoms with Crippen LogP contribution in [0.2, 0.25) is 0 Å². The molecule has 1 saturated heterocycles. The Morgan fingerprint density at radius 3 is 2.44 bits per heavy atom. The molecule has 1 amide bonds. The quantitative estimate of drug-likeness (QED) is 0.872. The maximum atomic E-state index is 12.0. The van der Waals surface area contributed by atoms with E-state index in [1.54, 1.807) is 0 Å². The number of rotatable bonds is 2. The summed E-state index contributed by atoms with van der Waals surface area (Å²) < 4.78 is 0. The summed E-state index contributed by atoms with van der Waals surface area (Å²) >= 11 is 0. The fraction of sp³-hybridized carbons (Fsp3) is 0.429. The molecule has 1 fully saturated rings. The number of hydrogen-bond donors (Lipinski definition) is 1. The zero-order valence-corrected chi connectivity index (χ0v) is 10.6. The maximum absolute atomic E-state index is 12.0. The lowest BCUT2D eigenvalue weighted by atomic mass is 9.99. The molecule has 4 nitrogen and oxygen atoms in total. The summed E-state index contributed by atoms with van der Waals surface area (Å²) in [5.41, 5.74) is 2.77. The Morgan fingerprint density at radius 1 is 1.28 bits per heavy atom. The number of aliphatic carboxylic acids is 1. The molecule has 0 radical (unpaired) electrons. The topological polar surface area (TPSA) is 57.6 Å². The molecule has 1 aliphatic rings. The molecule has 1 N–H and O–H groups in total. The minimum atomic E-state index is -0.929.